The van der Waals surface area contributed by atoms with Gasteiger partial charge in [-0.05, 0) is 51.5 Å². The maximum absolute atomic E-state index is 13.8. The number of fused-ring (bicyclic) bond motifs is 1. The van der Waals surface area contributed by atoms with E-state index in [1.54, 1.807) is 6.07 Å². The van der Waals surface area contributed by atoms with Crippen molar-refractivity contribution >= 4 is 16.7 Å². The first-order valence-corrected chi connectivity index (χ1v) is 7.44. The van der Waals surface area contributed by atoms with E-state index in [2.05, 4.69) is 33.9 Å². The van der Waals surface area contributed by atoms with E-state index in [9.17, 15) is 4.39 Å². The van der Waals surface area contributed by atoms with Crippen LogP contribution in [0.5, 0.6) is 0 Å². The van der Waals surface area contributed by atoms with Crippen molar-refractivity contribution in [2.75, 3.05) is 38.6 Å². The zero-order chi connectivity index (χ0) is 14.8. The van der Waals surface area contributed by atoms with Gasteiger partial charge in [0.1, 0.15) is 23.5 Å². The topological polar surface area (TPSA) is 32.3 Å². The van der Waals surface area contributed by atoms with Crippen molar-refractivity contribution in [1.29, 1.82) is 0 Å². The SMILES string of the molecule is CN(C)CCC1CCN(c2ncnc3c(F)cccc23)C1. The molecule has 2 heterocycles. The van der Waals surface area contributed by atoms with Crippen LogP contribution in [0.4, 0.5) is 10.2 Å². The summed E-state index contributed by atoms with van der Waals surface area (Å²) in [6.45, 7) is 3.09. The molecule has 4 nitrogen and oxygen atoms in total. The fourth-order valence-corrected chi connectivity index (χ4v) is 2.99. The summed E-state index contributed by atoms with van der Waals surface area (Å²) in [7, 11) is 4.21. The van der Waals surface area contributed by atoms with Gasteiger partial charge in [0.05, 0.1) is 0 Å². The zero-order valence-corrected chi connectivity index (χ0v) is 12.6. The average molecular weight is 288 g/mol. The molecule has 1 saturated heterocycles. The lowest BCUT2D eigenvalue weighted by molar-refractivity contribution is 0.361. The number of nitrogens with zero attached hydrogens (tertiary/aromatic N) is 4. The van der Waals surface area contributed by atoms with Crippen LogP contribution < -0.4 is 4.90 Å². The second kappa shape index (κ2) is 5.93. The number of benzene rings is 1. The van der Waals surface area contributed by atoms with Crippen LogP contribution in [0.1, 0.15) is 12.8 Å². The van der Waals surface area contributed by atoms with Crippen LogP contribution in [0.15, 0.2) is 24.5 Å². The maximum atomic E-state index is 13.8. The van der Waals surface area contributed by atoms with Gasteiger partial charge in [0.25, 0.3) is 0 Å². The summed E-state index contributed by atoms with van der Waals surface area (Å²) >= 11 is 0. The molecule has 0 amide bonds. The van der Waals surface area contributed by atoms with Crippen LogP contribution in [0.2, 0.25) is 0 Å². The Kier molecular flexibility index (Phi) is 4.01. The van der Waals surface area contributed by atoms with Gasteiger partial charge in [-0.2, -0.15) is 0 Å². The first-order chi connectivity index (χ1) is 10.1. The Bertz CT molecular complexity index is 629. The van der Waals surface area contributed by atoms with Gasteiger partial charge in [0.2, 0.25) is 0 Å². The lowest BCUT2D eigenvalue weighted by Crippen LogP contribution is -2.23. The van der Waals surface area contributed by atoms with Gasteiger partial charge in [0.15, 0.2) is 0 Å². The van der Waals surface area contributed by atoms with Gasteiger partial charge in [-0.3, -0.25) is 0 Å². The summed E-state index contributed by atoms with van der Waals surface area (Å²) in [6.07, 6.45) is 3.84. The Hall–Kier alpha value is -1.75. The van der Waals surface area contributed by atoms with E-state index < -0.39 is 0 Å². The van der Waals surface area contributed by atoms with Crippen LogP contribution in [0.25, 0.3) is 10.9 Å². The van der Waals surface area contributed by atoms with Crippen molar-refractivity contribution in [3.8, 4) is 0 Å². The van der Waals surface area contributed by atoms with E-state index in [-0.39, 0.29) is 5.82 Å². The van der Waals surface area contributed by atoms with Crippen molar-refractivity contribution < 1.29 is 4.39 Å². The maximum Gasteiger partial charge on any atom is 0.149 e. The number of hydrogen-bond acceptors (Lipinski definition) is 4. The Balaban J connectivity index is 1.81. The monoisotopic (exact) mass is 288 g/mol. The predicted octanol–water partition coefficient (Wildman–Crippen LogP) is 2.55. The molecule has 1 fully saturated rings. The second-order valence-electron chi connectivity index (χ2n) is 6.03. The summed E-state index contributed by atoms with van der Waals surface area (Å²) in [5, 5.41) is 0.811. The van der Waals surface area contributed by atoms with Gasteiger partial charge in [-0.15, -0.1) is 0 Å². The molecule has 3 rings (SSSR count). The second-order valence-corrected chi connectivity index (χ2v) is 6.03. The highest BCUT2D eigenvalue weighted by Gasteiger charge is 2.25. The predicted molar refractivity (Wildman–Crippen MR) is 83.0 cm³/mol. The number of halogens is 1. The van der Waals surface area contributed by atoms with E-state index in [1.807, 2.05) is 6.07 Å². The molecule has 5 heteroatoms. The number of hydrogen-bond donors (Lipinski definition) is 0. The molecule has 1 aliphatic heterocycles. The average Bonchev–Trinajstić information content (AvgIpc) is 2.94. The first kappa shape index (κ1) is 14.2. The smallest absolute Gasteiger partial charge is 0.149 e. The lowest BCUT2D eigenvalue weighted by atomic mass is 10.1. The Morgan fingerprint density at radius 3 is 3.00 bits per heavy atom. The number of para-hydroxylation sites is 1. The summed E-state index contributed by atoms with van der Waals surface area (Å²) in [6, 6.07) is 5.08. The highest BCUT2D eigenvalue weighted by molar-refractivity contribution is 5.89. The van der Waals surface area contributed by atoms with Gasteiger partial charge >= 0.3 is 0 Å². The van der Waals surface area contributed by atoms with E-state index in [0.717, 1.165) is 30.8 Å². The minimum absolute atomic E-state index is 0.278. The van der Waals surface area contributed by atoms with Crippen LogP contribution in [0, 0.1) is 11.7 Å². The third kappa shape index (κ3) is 2.97. The Morgan fingerprint density at radius 2 is 2.19 bits per heavy atom. The largest absolute Gasteiger partial charge is 0.356 e. The lowest BCUT2D eigenvalue weighted by Gasteiger charge is -2.19. The zero-order valence-electron chi connectivity index (χ0n) is 12.6. The summed E-state index contributed by atoms with van der Waals surface area (Å²) < 4.78 is 13.8. The molecular formula is C16H21FN4. The fraction of sp³-hybridized carbons (Fsp3) is 0.500. The molecule has 0 bridgehead atoms. The van der Waals surface area contributed by atoms with E-state index >= 15 is 0 Å². The molecule has 1 aromatic heterocycles. The molecular weight excluding hydrogens is 267 g/mol. The fourth-order valence-electron chi connectivity index (χ4n) is 2.99. The van der Waals surface area contributed by atoms with Crippen molar-refractivity contribution in [2.45, 2.75) is 12.8 Å². The third-order valence-corrected chi connectivity index (χ3v) is 4.16. The Labute approximate surface area is 124 Å². The van der Waals surface area contributed by atoms with Crippen LogP contribution in [0.3, 0.4) is 0 Å². The molecule has 2 aromatic rings. The molecule has 0 spiro atoms. The van der Waals surface area contributed by atoms with E-state index in [0.29, 0.717) is 11.4 Å². The molecule has 0 radical (unpaired) electrons. The van der Waals surface area contributed by atoms with Crippen molar-refractivity contribution in [3.05, 3.63) is 30.3 Å². The van der Waals surface area contributed by atoms with Gasteiger partial charge < -0.3 is 9.80 Å². The van der Waals surface area contributed by atoms with E-state index in [1.165, 1.54) is 25.2 Å². The van der Waals surface area contributed by atoms with Crippen molar-refractivity contribution in [2.24, 2.45) is 5.92 Å². The molecule has 0 N–H and O–H groups in total. The molecule has 21 heavy (non-hydrogen) atoms. The third-order valence-electron chi connectivity index (χ3n) is 4.16. The van der Waals surface area contributed by atoms with Crippen LogP contribution >= 0.6 is 0 Å². The molecule has 112 valence electrons. The standard InChI is InChI=1S/C16H21FN4/c1-20(2)8-6-12-7-9-21(10-12)16-13-4-3-5-14(17)15(13)18-11-19-16/h3-5,11-12H,6-10H2,1-2H3. The normalized spacial score (nSPS) is 18.9. The molecule has 1 aromatic carbocycles. The molecule has 1 aliphatic rings. The van der Waals surface area contributed by atoms with Gasteiger partial charge in [-0.1, -0.05) is 6.07 Å². The minimum Gasteiger partial charge on any atom is -0.356 e. The van der Waals surface area contributed by atoms with Crippen LogP contribution in [-0.4, -0.2) is 48.6 Å². The molecule has 1 unspecified atom stereocenters. The molecule has 1 atom stereocenters. The highest BCUT2D eigenvalue weighted by atomic mass is 19.1. The number of rotatable bonds is 4. The van der Waals surface area contributed by atoms with Gasteiger partial charge in [-0.25, -0.2) is 14.4 Å². The Morgan fingerprint density at radius 1 is 1.33 bits per heavy atom. The quantitative estimate of drug-likeness (QED) is 0.865. The minimum atomic E-state index is -0.278. The molecule has 0 aliphatic carbocycles. The summed E-state index contributed by atoms with van der Waals surface area (Å²) in [5.74, 6) is 1.28. The summed E-state index contributed by atoms with van der Waals surface area (Å²) in [5.41, 5.74) is 0.416. The van der Waals surface area contributed by atoms with Crippen molar-refractivity contribution in [3.63, 3.8) is 0 Å². The highest BCUT2D eigenvalue weighted by Crippen LogP contribution is 2.29. The summed E-state index contributed by atoms with van der Waals surface area (Å²) in [4.78, 5) is 13.0. The van der Waals surface area contributed by atoms with E-state index in [4.69, 9.17) is 0 Å². The van der Waals surface area contributed by atoms with Crippen molar-refractivity contribution in [1.82, 2.24) is 14.9 Å². The number of anilines is 1. The first-order valence-electron chi connectivity index (χ1n) is 7.44. The van der Waals surface area contributed by atoms with Gasteiger partial charge in [0, 0.05) is 18.5 Å². The number of aromatic nitrogens is 2. The molecule has 0 saturated carbocycles. The van der Waals surface area contributed by atoms with Crippen LogP contribution in [-0.2, 0) is 0 Å².